The van der Waals surface area contributed by atoms with Crippen LogP contribution in [-0.4, -0.2) is 10.9 Å². The Labute approximate surface area is 143 Å². The molecule has 2 aromatic carbocycles. The number of halogens is 1. The van der Waals surface area contributed by atoms with Gasteiger partial charge in [-0.2, -0.15) is 0 Å². The van der Waals surface area contributed by atoms with Gasteiger partial charge in [-0.15, -0.1) is 11.3 Å². The largest absolute Gasteiger partial charge is 0.368 e. The number of nitrogens with zero attached hydrogens (tertiary/aromatic N) is 1. The summed E-state index contributed by atoms with van der Waals surface area (Å²) in [5.74, 6) is -0.709. The van der Waals surface area contributed by atoms with Crippen molar-refractivity contribution in [3.63, 3.8) is 0 Å². The number of rotatable bonds is 6. The lowest BCUT2D eigenvalue weighted by atomic mass is 10.1. The van der Waals surface area contributed by atoms with Gasteiger partial charge >= 0.3 is 0 Å². The van der Waals surface area contributed by atoms with E-state index in [0.717, 1.165) is 21.8 Å². The summed E-state index contributed by atoms with van der Waals surface area (Å²) in [6.45, 7) is 0.417. The number of carbonyl (C=O) groups excluding carboxylic acids is 1. The number of benzene rings is 2. The van der Waals surface area contributed by atoms with Gasteiger partial charge in [0, 0.05) is 17.5 Å². The van der Waals surface area contributed by atoms with E-state index in [1.165, 1.54) is 23.5 Å². The molecule has 3 aromatic rings. The fourth-order valence-corrected chi connectivity index (χ4v) is 3.17. The van der Waals surface area contributed by atoms with Crippen LogP contribution in [0.15, 0.2) is 60.0 Å². The lowest BCUT2D eigenvalue weighted by Crippen LogP contribution is -2.33. The van der Waals surface area contributed by atoms with Crippen molar-refractivity contribution in [2.45, 2.75) is 12.6 Å². The molecule has 3 N–H and O–H groups in total. The van der Waals surface area contributed by atoms with Gasteiger partial charge in [-0.05, 0) is 29.8 Å². The van der Waals surface area contributed by atoms with Crippen LogP contribution in [0.2, 0.25) is 0 Å². The molecule has 122 valence electrons. The zero-order valence-corrected chi connectivity index (χ0v) is 13.6. The second-order valence-electron chi connectivity index (χ2n) is 5.28. The highest BCUT2D eigenvalue weighted by molar-refractivity contribution is 7.13. The van der Waals surface area contributed by atoms with Crippen LogP contribution in [0.3, 0.4) is 0 Å². The number of amides is 1. The monoisotopic (exact) mass is 341 g/mol. The summed E-state index contributed by atoms with van der Waals surface area (Å²) in [4.78, 5) is 16.2. The second-order valence-corrected chi connectivity index (χ2v) is 6.14. The van der Waals surface area contributed by atoms with E-state index in [4.69, 9.17) is 5.73 Å². The molecule has 0 bridgehead atoms. The van der Waals surface area contributed by atoms with Crippen LogP contribution in [0.4, 0.5) is 4.39 Å². The van der Waals surface area contributed by atoms with Gasteiger partial charge in [-0.25, -0.2) is 9.37 Å². The van der Waals surface area contributed by atoms with Gasteiger partial charge in [0.15, 0.2) is 0 Å². The maximum absolute atomic E-state index is 13.0. The highest BCUT2D eigenvalue weighted by Gasteiger charge is 2.17. The topological polar surface area (TPSA) is 68.0 Å². The second kappa shape index (κ2) is 7.33. The lowest BCUT2D eigenvalue weighted by Gasteiger charge is -2.14. The van der Waals surface area contributed by atoms with E-state index >= 15 is 0 Å². The average molecular weight is 341 g/mol. The molecule has 1 amide bonds. The zero-order chi connectivity index (χ0) is 16.9. The van der Waals surface area contributed by atoms with Crippen molar-refractivity contribution in [1.29, 1.82) is 0 Å². The van der Waals surface area contributed by atoms with Crippen LogP contribution >= 0.6 is 11.3 Å². The van der Waals surface area contributed by atoms with Crippen LogP contribution in [0.1, 0.15) is 17.3 Å². The highest BCUT2D eigenvalue weighted by atomic mass is 32.1. The van der Waals surface area contributed by atoms with Crippen LogP contribution in [0, 0.1) is 5.82 Å². The molecule has 0 aliphatic rings. The van der Waals surface area contributed by atoms with E-state index in [9.17, 15) is 9.18 Å². The first-order chi connectivity index (χ1) is 11.6. The fourth-order valence-electron chi connectivity index (χ4n) is 2.35. The number of nitrogens with one attached hydrogen (secondary N) is 1. The van der Waals surface area contributed by atoms with Gasteiger partial charge in [0.25, 0.3) is 0 Å². The molecule has 6 heteroatoms. The Bertz CT molecular complexity index is 818. The van der Waals surface area contributed by atoms with E-state index in [0.29, 0.717) is 6.54 Å². The van der Waals surface area contributed by atoms with E-state index in [1.54, 1.807) is 12.1 Å². The Morgan fingerprint density at radius 2 is 1.88 bits per heavy atom. The summed E-state index contributed by atoms with van der Waals surface area (Å²) in [6, 6.07) is 15.0. The minimum absolute atomic E-state index is 0.274. The number of primary amides is 1. The maximum Gasteiger partial charge on any atom is 0.239 e. The normalized spacial score (nSPS) is 12.0. The lowest BCUT2D eigenvalue weighted by molar-refractivity contribution is -0.120. The molecule has 0 saturated heterocycles. The minimum Gasteiger partial charge on any atom is -0.368 e. The van der Waals surface area contributed by atoms with Crippen molar-refractivity contribution in [3.05, 3.63) is 77.1 Å². The fraction of sp³-hybridized carbons (Fsp3) is 0.111. The molecule has 0 aliphatic heterocycles. The van der Waals surface area contributed by atoms with E-state index in [-0.39, 0.29) is 5.82 Å². The summed E-state index contributed by atoms with van der Waals surface area (Å²) >= 11 is 1.47. The van der Waals surface area contributed by atoms with Gasteiger partial charge in [0.2, 0.25) is 5.91 Å². The Hall–Kier alpha value is -2.57. The van der Waals surface area contributed by atoms with Crippen molar-refractivity contribution < 1.29 is 9.18 Å². The van der Waals surface area contributed by atoms with Crippen LogP contribution < -0.4 is 11.1 Å². The summed E-state index contributed by atoms with van der Waals surface area (Å²) in [5, 5.41) is 5.85. The quantitative estimate of drug-likeness (QED) is 0.723. The van der Waals surface area contributed by atoms with Gasteiger partial charge in [0.05, 0.1) is 5.69 Å². The third-order valence-electron chi connectivity index (χ3n) is 3.55. The third kappa shape index (κ3) is 3.84. The summed E-state index contributed by atoms with van der Waals surface area (Å²) in [5.41, 5.74) is 7.98. The molecule has 24 heavy (non-hydrogen) atoms. The van der Waals surface area contributed by atoms with Crippen molar-refractivity contribution >= 4 is 17.2 Å². The van der Waals surface area contributed by atoms with Crippen LogP contribution in [0.25, 0.3) is 10.6 Å². The summed E-state index contributed by atoms with van der Waals surface area (Å²) in [7, 11) is 0. The van der Waals surface area contributed by atoms with E-state index in [1.807, 2.05) is 35.7 Å². The molecule has 0 radical (unpaired) electrons. The molecule has 0 saturated carbocycles. The van der Waals surface area contributed by atoms with Crippen molar-refractivity contribution in [2.75, 3.05) is 0 Å². The molecule has 0 unspecified atom stereocenters. The molecule has 0 aliphatic carbocycles. The molecule has 1 heterocycles. The first-order valence-electron chi connectivity index (χ1n) is 7.41. The van der Waals surface area contributed by atoms with Crippen LogP contribution in [-0.2, 0) is 11.3 Å². The van der Waals surface area contributed by atoms with Gasteiger partial charge in [0.1, 0.15) is 16.9 Å². The Morgan fingerprint density at radius 3 is 2.54 bits per heavy atom. The number of thiazole rings is 1. The molecule has 0 spiro atoms. The smallest absolute Gasteiger partial charge is 0.239 e. The average Bonchev–Trinajstić information content (AvgIpc) is 3.05. The molecular weight excluding hydrogens is 325 g/mol. The summed E-state index contributed by atoms with van der Waals surface area (Å²) < 4.78 is 13.0. The van der Waals surface area contributed by atoms with Crippen molar-refractivity contribution in [2.24, 2.45) is 5.73 Å². The van der Waals surface area contributed by atoms with Gasteiger partial charge < -0.3 is 5.73 Å². The first-order valence-corrected chi connectivity index (χ1v) is 8.29. The molecule has 4 nitrogen and oxygen atoms in total. The van der Waals surface area contributed by atoms with Crippen molar-refractivity contribution in [3.8, 4) is 10.6 Å². The number of carbonyl (C=O) groups is 1. The number of hydrogen-bond acceptors (Lipinski definition) is 4. The zero-order valence-electron chi connectivity index (χ0n) is 12.8. The minimum atomic E-state index is -0.567. The SMILES string of the molecule is NC(=O)[C@H](NCc1csc(-c2ccc(F)cc2)n1)c1ccccc1. The third-order valence-corrected chi connectivity index (χ3v) is 4.49. The molecule has 1 aromatic heterocycles. The maximum atomic E-state index is 13.0. The van der Waals surface area contributed by atoms with E-state index in [2.05, 4.69) is 10.3 Å². The van der Waals surface area contributed by atoms with Gasteiger partial charge in [-0.1, -0.05) is 30.3 Å². The van der Waals surface area contributed by atoms with Crippen molar-refractivity contribution in [1.82, 2.24) is 10.3 Å². The van der Waals surface area contributed by atoms with Crippen LogP contribution in [0.5, 0.6) is 0 Å². The standard InChI is InChI=1S/C18H16FN3OS/c19-14-8-6-13(7-9-14)18-22-15(11-24-18)10-21-16(17(20)23)12-4-2-1-3-5-12/h1-9,11,16,21H,10H2,(H2,20,23)/t16-/m1/s1. The Balaban J connectivity index is 1.70. The Kier molecular flexibility index (Phi) is 4.98. The number of hydrogen-bond donors (Lipinski definition) is 2. The van der Waals surface area contributed by atoms with E-state index < -0.39 is 11.9 Å². The predicted octanol–water partition coefficient (Wildman–Crippen LogP) is 3.27. The molecule has 0 fully saturated rings. The highest BCUT2D eigenvalue weighted by Crippen LogP contribution is 2.24. The predicted molar refractivity (Wildman–Crippen MR) is 92.7 cm³/mol. The molecule has 1 atom stereocenters. The summed E-state index contributed by atoms with van der Waals surface area (Å²) in [6.07, 6.45) is 0. The number of aromatic nitrogens is 1. The Morgan fingerprint density at radius 1 is 1.17 bits per heavy atom. The first kappa shape index (κ1) is 16.3. The number of nitrogens with two attached hydrogens (primary N) is 1. The molecule has 3 rings (SSSR count). The van der Waals surface area contributed by atoms with Gasteiger partial charge in [-0.3, -0.25) is 10.1 Å². The molecular formula is C18H16FN3OS.